The van der Waals surface area contributed by atoms with E-state index in [0.29, 0.717) is 37.4 Å². The summed E-state index contributed by atoms with van der Waals surface area (Å²) in [6.45, 7) is 3.08. The lowest BCUT2D eigenvalue weighted by Crippen LogP contribution is -2.27. The Balaban J connectivity index is 1.39. The quantitative estimate of drug-likeness (QED) is 0.333. The number of aromatic nitrogens is 1. The second-order valence-corrected chi connectivity index (χ2v) is 8.79. The highest BCUT2D eigenvalue weighted by atomic mass is 19.4. The van der Waals surface area contributed by atoms with Crippen LogP contribution < -0.4 is 19.9 Å². The Kier molecular flexibility index (Phi) is 7.79. The van der Waals surface area contributed by atoms with Crippen LogP contribution in [0.2, 0.25) is 0 Å². The molecule has 3 aromatic rings. The number of hydrogen-bond donors (Lipinski definition) is 2. The van der Waals surface area contributed by atoms with Gasteiger partial charge >= 0.3 is 12.5 Å². The van der Waals surface area contributed by atoms with Gasteiger partial charge in [-0.3, -0.25) is 4.79 Å². The minimum atomic E-state index is -4.80. The molecule has 208 valence electrons. The van der Waals surface area contributed by atoms with Crippen molar-refractivity contribution in [1.29, 1.82) is 0 Å². The highest BCUT2D eigenvalue weighted by Crippen LogP contribution is 2.37. The smallest absolute Gasteiger partial charge is 0.506 e. The van der Waals surface area contributed by atoms with Gasteiger partial charge in [0, 0.05) is 36.7 Å². The maximum absolute atomic E-state index is 13.2. The maximum atomic E-state index is 13.2. The molecule has 0 spiro atoms. The third kappa shape index (κ3) is 6.84. The maximum Gasteiger partial charge on any atom is 0.573 e. The van der Waals surface area contributed by atoms with Crippen LogP contribution in [0.1, 0.15) is 19.0 Å². The highest BCUT2D eigenvalue weighted by Gasteiger charge is 2.37. The van der Waals surface area contributed by atoms with Crippen molar-refractivity contribution in [2.24, 2.45) is 5.92 Å². The predicted octanol–water partition coefficient (Wildman–Crippen LogP) is 6.33. The molecule has 39 heavy (non-hydrogen) atoms. The van der Waals surface area contributed by atoms with Crippen molar-refractivity contribution in [1.82, 2.24) is 4.98 Å². The van der Waals surface area contributed by atoms with Gasteiger partial charge in [0.05, 0.1) is 5.92 Å². The summed E-state index contributed by atoms with van der Waals surface area (Å²) in [7, 11) is 0. The van der Waals surface area contributed by atoms with Gasteiger partial charge in [-0.1, -0.05) is 0 Å². The number of carbonyl (C=O) groups is 1. The van der Waals surface area contributed by atoms with Crippen LogP contribution in [0, 0.1) is 5.92 Å². The molecule has 1 fully saturated rings. The van der Waals surface area contributed by atoms with Crippen LogP contribution in [0.5, 0.6) is 11.5 Å². The normalized spacial score (nSPS) is 15.8. The van der Waals surface area contributed by atoms with Crippen molar-refractivity contribution in [2.45, 2.75) is 25.9 Å². The van der Waals surface area contributed by atoms with Crippen LogP contribution in [-0.4, -0.2) is 42.0 Å². The van der Waals surface area contributed by atoms with Crippen molar-refractivity contribution < 1.29 is 41.0 Å². The fraction of sp³-hybridized carbons (Fsp3) is 0.308. The minimum absolute atomic E-state index is 0.0336. The summed E-state index contributed by atoms with van der Waals surface area (Å²) in [5, 5.41) is 12.3. The van der Waals surface area contributed by atoms with E-state index in [9.17, 15) is 36.2 Å². The number of nitrogens with one attached hydrogen (secondary N) is 1. The largest absolute Gasteiger partial charge is 0.573 e. The third-order valence-electron chi connectivity index (χ3n) is 6.16. The summed E-state index contributed by atoms with van der Waals surface area (Å²) >= 11 is 0. The lowest BCUT2D eigenvalue weighted by atomic mass is 10.1. The molecule has 1 aromatic heterocycles. The van der Waals surface area contributed by atoms with Gasteiger partial charge in [-0.15, -0.1) is 13.2 Å². The Hall–Kier alpha value is -4.16. The first-order chi connectivity index (χ1) is 18.3. The van der Waals surface area contributed by atoms with E-state index in [1.54, 1.807) is 36.1 Å². The molecular formula is C26H24F6N4O3. The molecule has 2 heterocycles. The first-order valence-electron chi connectivity index (χ1n) is 11.9. The fourth-order valence-corrected chi connectivity index (χ4v) is 4.31. The van der Waals surface area contributed by atoms with Crippen molar-refractivity contribution >= 4 is 28.8 Å². The van der Waals surface area contributed by atoms with E-state index in [-0.39, 0.29) is 23.4 Å². The zero-order chi connectivity index (χ0) is 28.4. The van der Waals surface area contributed by atoms with Crippen LogP contribution in [-0.2, 0) is 11.0 Å². The van der Waals surface area contributed by atoms with Gasteiger partial charge in [0.2, 0.25) is 5.91 Å². The van der Waals surface area contributed by atoms with Gasteiger partial charge in [0.25, 0.3) is 0 Å². The molecule has 0 bridgehead atoms. The van der Waals surface area contributed by atoms with Crippen LogP contribution in [0.4, 0.5) is 49.2 Å². The van der Waals surface area contributed by atoms with Crippen molar-refractivity contribution in [3.63, 3.8) is 0 Å². The molecule has 1 aliphatic rings. The number of halogens is 6. The molecule has 1 aliphatic heterocycles. The number of ether oxygens (including phenoxy) is 1. The number of pyridine rings is 1. The molecule has 0 aliphatic carbocycles. The van der Waals surface area contributed by atoms with Crippen LogP contribution >= 0.6 is 0 Å². The van der Waals surface area contributed by atoms with E-state index in [0.717, 1.165) is 23.9 Å². The molecule has 1 saturated heterocycles. The number of benzene rings is 2. The molecule has 2 N–H and O–H groups in total. The molecule has 2 aromatic carbocycles. The minimum Gasteiger partial charge on any atom is -0.506 e. The van der Waals surface area contributed by atoms with E-state index in [2.05, 4.69) is 15.0 Å². The van der Waals surface area contributed by atoms with E-state index >= 15 is 0 Å². The van der Waals surface area contributed by atoms with Gasteiger partial charge in [-0.05, 0) is 74.0 Å². The molecule has 4 rings (SSSR count). The zero-order valence-electron chi connectivity index (χ0n) is 20.6. The Morgan fingerprint density at radius 3 is 2.31 bits per heavy atom. The average molecular weight is 554 g/mol. The highest BCUT2D eigenvalue weighted by molar-refractivity contribution is 5.93. The fourth-order valence-electron chi connectivity index (χ4n) is 4.31. The number of alkyl halides is 6. The molecule has 1 amide bonds. The summed E-state index contributed by atoms with van der Waals surface area (Å²) < 4.78 is 80.3. The van der Waals surface area contributed by atoms with Gasteiger partial charge in [0.15, 0.2) is 5.69 Å². The number of rotatable bonds is 7. The van der Waals surface area contributed by atoms with Crippen LogP contribution in [0.3, 0.4) is 0 Å². The van der Waals surface area contributed by atoms with Crippen LogP contribution in [0.25, 0.3) is 0 Å². The summed E-state index contributed by atoms with van der Waals surface area (Å²) in [5.41, 5.74) is 0.392. The lowest BCUT2D eigenvalue weighted by Gasteiger charge is -2.25. The molecular weight excluding hydrogens is 530 g/mol. The Morgan fingerprint density at radius 1 is 1.05 bits per heavy atom. The number of nitrogens with zero attached hydrogens (tertiary/aromatic N) is 3. The van der Waals surface area contributed by atoms with E-state index in [1.807, 2.05) is 4.90 Å². The first kappa shape index (κ1) is 27.9. The summed E-state index contributed by atoms with van der Waals surface area (Å²) in [5.74, 6) is -1.93. The van der Waals surface area contributed by atoms with E-state index < -0.39 is 24.0 Å². The SMILES string of the molecule is CCN(c1ccc(N2CCC(C(=O)Nc3ccc(OC(F)(F)F)cc3)C2)cc1)c1ccc(O)c(C(F)(F)F)n1. The summed E-state index contributed by atoms with van der Waals surface area (Å²) in [6, 6.07) is 14.2. The van der Waals surface area contributed by atoms with Gasteiger partial charge in [0.1, 0.15) is 17.3 Å². The van der Waals surface area contributed by atoms with Crippen molar-refractivity contribution in [3.05, 3.63) is 66.4 Å². The van der Waals surface area contributed by atoms with Gasteiger partial charge < -0.3 is 25.0 Å². The molecule has 13 heteroatoms. The Morgan fingerprint density at radius 2 is 1.72 bits per heavy atom. The molecule has 1 atom stereocenters. The van der Waals surface area contributed by atoms with Gasteiger partial charge in [-0.25, -0.2) is 4.98 Å². The Labute approximate surface area is 219 Å². The second-order valence-electron chi connectivity index (χ2n) is 8.79. The molecule has 1 unspecified atom stereocenters. The van der Waals surface area contributed by atoms with Gasteiger partial charge in [-0.2, -0.15) is 13.2 Å². The summed E-state index contributed by atoms with van der Waals surface area (Å²) in [4.78, 5) is 19.9. The molecule has 7 nitrogen and oxygen atoms in total. The van der Waals surface area contributed by atoms with E-state index in [1.165, 1.54) is 18.2 Å². The Bertz CT molecular complexity index is 1300. The van der Waals surface area contributed by atoms with Crippen LogP contribution in [0.15, 0.2) is 60.7 Å². The zero-order valence-corrected chi connectivity index (χ0v) is 20.6. The summed E-state index contributed by atoms with van der Waals surface area (Å²) in [6.07, 6.45) is -9.04. The number of aromatic hydroxyl groups is 1. The number of anilines is 4. The number of carbonyl (C=O) groups excluding carboxylic acids is 1. The molecule has 0 saturated carbocycles. The predicted molar refractivity (Wildman–Crippen MR) is 132 cm³/mol. The number of amides is 1. The van der Waals surface area contributed by atoms with Crippen molar-refractivity contribution in [3.8, 4) is 11.5 Å². The van der Waals surface area contributed by atoms with Crippen molar-refractivity contribution in [2.75, 3.05) is 34.8 Å². The average Bonchev–Trinajstić information content (AvgIpc) is 3.36. The topological polar surface area (TPSA) is 77.9 Å². The first-order valence-corrected chi connectivity index (χ1v) is 11.9. The standard InChI is InChI=1S/C26H24F6N4O3/c1-2-36(22-12-11-21(37)23(34-22)25(27,28)29)19-7-5-18(6-8-19)35-14-13-16(15-35)24(38)33-17-3-9-20(10-4-17)39-26(30,31)32/h3-12,16,37H,2,13-15H2,1H3,(H,33,38). The third-order valence-corrected chi connectivity index (χ3v) is 6.16. The number of hydrogen-bond acceptors (Lipinski definition) is 6. The monoisotopic (exact) mass is 554 g/mol. The van der Waals surface area contributed by atoms with E-state index in [4.69, 9.17) is 0 Å². The molecule has 0 radical (unpaired) electrons. The second kappa shape index (κ2) is 10.9. The lowest BCUT2D eigenvalue weighted by molar-refractivity contribution is -0.274.